The normalized spacial score (nSPS) is 22.9. The first kappa shape index (κ1) is 13.0. The Bertz CT molecular complexity index is 169. The first-order valence-corrected chi connectivity index (χ1v) is 6.88. The lowest BCUT2D eigenvalue weighted by atomic mass is 10.0. The quantitative estimate of drug-likeness (QED) is 0.254. The highest BCUT2D eigenvalue weighted by molar-refractivity contribution is 7.99. The Morgan fingerprint density at radius 3 is 3.07 bits per heavy atom. The smallest absolute Gasteiger partial charge is 0.0890 e. The molecule has 88 valence electrons. The van der Waals surface area contributed by atoms with Gasteiger partial charge in [0, 0.05) is 0 Å². The maximum Gasteiger partial charge on any atom is 0.0890 e. The Kier molecular flexibility index (Phi) is 7.09. The van der Waals surface area contributed by atoms with Gasteiger partial charge in [-0.1, -0.05) is 6.08 Å². The molecule has 1 heterocycles. The fraction of sp³-hybridized carbons (Fsp3) is 0.818. The molecule has 1 aliphatic heterocycles. The molecule has 0 spiro atoms. The summed E-state index contributed by atoms with van der Waals surface area (Å²) in [5.74, 6) is 3.71. The summed E-state index contributed by atoms with van der Waals surface area (Å²) in [5.41, 5.74) is 5.99. The number of rotatable bonds is 8. The molecule has 0 aromatic carbocycles. The Morgan fingerprint density at radius 2 is 2.47 bits per heavy atom. The van der Waals surface area contributed by atoms with E-state index >= 15 is 0 Å². The molecule has 1 saturated heterocycles. The zero-order valence-electron chi connectivity index (χ0n) is 9.59. The third-order valence-corrected chi connectivity index (χ3v) is 3.94. The Labute approximate surface area is 97.4 Å². The highest BCUT2D eigenvalue weighted by Gasteiger charge is 2.14. The molecule has 1 rings (SSSR count). The molecule has 0 saturated carbocycles. The molecule has 15 heavy (non-hydrogen) atoms. The van der Waals surface area contributed by atoms with Crippen LogP contribution < -0.4 is 16.2 Å². The van der Waals surface area contributed by atoms with Crippen LogP contribution in [0.2, 0.25) is 0 Å². The molecule has 4 heteroatoms. The summed E-state index contributed by atoms with van der Waals surface area (Å²) in [4.78, 5) is 0. The molecular weight excluding hydrogens is 206 g/mol. The van der Waals surface area contributed by atoms with Crippen LogP contribution in [0.1, 0.15) is 19.3 Å². The number of nitrogens with one attached hydrogen (secondary N) is 3. The summed E-state index contributed by atoms with van der Waals surface area (Å²) < 4.78 is 0. The van der Waals surface area contributed by atoms with Gasteiger partial charge in [-0.2, -0.15) is 11.8 Å². The minimum atomic E-state index is 0.174. The van der Waals surface area contributed by atoms with Crippen molar-refractivity contribution in [2.24, 2.45) is 5.92 Å². The third-order valence-electron chi connectivity index (χ3n) is 2.71. The summed E-state index contributed by atoms with van der Waals surface area (Å²) in [6, 6.07) is 0. The van der Waals surface area contributed by atoms with E-state index in [-0.39, 0.29) is 6.17 Å². The van der Waals surface area contributed by atoms with Crippen molar-refractivity contribution >= 4 is 11.8 Å². The van der Waals surface area contributed by atoms with Gasteiger partial charge in [-0.05, 0) is 50.3 Å². The average molecular weight is 229 g/mol. The van der Waals surface area contributed by atoms with Crippen LogP contribution in [-0.4, -0.2) is 31.3 Å². The van der Waals surface area contributed by atoms with Crippen LogP contribution in [0.5, 0.6) is 0 Å². The van der Waals surface area contributed by atoms with Crippen LogP contribution in [0.25, 0.3) is 0 Å². The third kappa shape index (κ3) is 5.56. The van der Waals surface area contributed by atoms with Crippen molar-refractivity contribution in [2.45, 2.75) is 25.4 Å². The van der Waals surface area contributed by atoms with E-state index in [1.165, 1.54) is 30.8 Å². The van der Waals surface area contributed by atoms with E-state index < -0.39 is 0 Å². The predicted molar refractivity (Wildman–Crippen MR) is 68.8 cm³/mol. The predicted octanol–water partition coefficient (Wildman–Crippen LogP) is 1.35. The van der Waals surface area contributed by atoms with E-state index in [9.17, 15) is 0 Å². The number of hydrazine groups is 1. The van der Waals surface area contributed by atoms with Crippen molar-refractivity contribution in [1.82, 2.24) is 16.2 Å². The van der Waals surface area contributed by atoms with E-state index in [0.29, 0.717) is 0 Å². The molecule has 0 radical (unpaired) electrons. The van der Waals surface area contributed by atoms with Gasteiger partial charge in [0.05, 0.1) is 6.17 Å². The highest BCUT2D eigenvalue weighted by atomic mass is 32.2. The van der Waals surface area contributed by atoms with Crippen molar-refractivity contribution in [3.8, 4) is 0 Å². The average Bonchev–Trinajstić information content (AvgIpc) is 2.75. The summed E-state index contributed by atoms with van der Waals surface area (Å²) in [7, 11) is 1.87. The zero-order valence-corrected chi connectivity index (χ0v) is 10.4. The molecular formula is C11H23N3S. The Hall–Kier alpha value is -0.0300. The molecule has 0 bridgehead atoms. The van der Waals surface area contributed by atoms with Crippen molar-refractivity contribution in [2.75, 3.05) is 25.1 Å². The van der Waals surface area contributed by atoms with Gasteiger partial charge in [-0.3, -0.25) is 10.7 Å². The minimum absolute atomic E-state index is 0.174. The molecule has 2 unspecified atom stereocenters. The molecule has 3 N–H and O–H groups in total. The van der Waals surface area contributed by atoms with E-state index in [4.69, 9.17) is 0 Å². The van der Waals surface area contributed by atoms with Crippen molar-refractivity contribution in [3.63, 3.8) is 0 Å². The number of hydrogen-bond donors (Lipinski definition) is 3. The lowest BCUT2D eigenvalue weighted by molar-refractivity contribution is 0.426. The minimum Gasteiger partial charge on any atom is -0.298 e. The van der Waals surface area contributed by atoms with Crippen LogP contribution in [0.3, 0.4) is 0 Å². The first-order valence-electron chi connectivity index (χ1n) is 5.72. The van der Waals surface area contributed by atoms with Gasteiger partial charge in [0.2, 0.25) is 0 Å². The summed E-state index contributed by atoms with van der Waals surface area (Å²) in [6.45, 7) is 4.83. The van der Waals surface area contributed by atoms with E-state index in [0.717, 1.165) is 12.5 Å². The van der Waals surface area contributed by atoms with Gasteiger partial charge in [0.25, 0.3) is 0 Å². The molecule has 2 atom stereocenters. The molecule has 0 aliphatic carbocycles. The van der Waals surface area contributed by atoms with Crippen LogP contribution in [0.4, 0.5) is 0 Å². The maximum absolute atomic E-state index is 3.77. The molecule has 1 fully saturated rings. The second kappa shape index (κ2) is 8.16. The fourth-order valence-corrected chi connectivity index (χ4v) is 3.14. The van der Waals surface area contributed by atoms with Crippen LogP contribution in [0, 0.1) is 5.92 Å². The standard InChI is InChI=1S/C11H23N3S/c1-3-11(14-12-2)13-7-4-5-10-6-8-15-9-10/h3,10-14H,1,4-9H2,2H3. The highest BCUT2D eigenvalue weighted by Crippen LogP contribution is 2.26. The largest absolute Gasteiger partial charge is 0.298 e. The second-order valence-electron chi connectivity index (χ2n) is 3.93. The van der Waals surface area contributed by atoms with Crippen LogP contribution in [-0.2, 0) is 0 Å². The van der Waals surface area contributed by atoms with Gasteiger partial charge in [0.15, 0.2) is 0 Å². The fourth-order valence-electron chi connectivity index (χ4n) is 1.81. The van der Waals surface area contributed by atoms with Crippen LogP contribution >= 0.6 is 11.8 Å². The van der Waals surface area contributed by atoms with E-state index in [1.807, 2.05) is 13.1 Å². The van der Waals surface area contributed by atoms with E-state index in [1.54, 1.807) is 0 Å². The van der Waals surface area contributed by atoms with Gasteiger partial charge in [-0.15, -0.1) is 6.58 Å². The van der Waals surface area contributed by atoms with Crippen molar-refractivity contribution < 1.29 is 0 Å². The van der Waals surface area contributed by atoms with Gasteiger partial charge in [-0.25, -0.2) is 5.43 Å². The number of thioether (sulfide) groups is 1. The van der Waals surface area contributed by atoms with Gasteiger partial charge in [0.1, 0.15) is 0 Å². The second-order valence-corrected chi connectivity index (χ2v) is 5.08. The van der Waals surface area contributed by atoms with E-state index in [2.05, 4.69) is 34.5 Å². The molecule has 1 aliphatic rings. The topological polar surface area (TPSA) is 36.1 Å². The zero-order chi connectivity index (χ0) is 10.9. The Morgan fingerprint density at radius 1 is 1.60 bits per heavy atom. The first-order chi connectivity index (χ1) is 7.36. The lowest BCUT2D eigenvalue weighted by Crippen LogP contribution is -2.46. The van der Waals surface area contributed by atoms with Crippen molar-refractivity contribution in [3.05, 3.63) is 12.7 Å². The Balaban J connectivity index is 1.96. The molecule has 0 amide bonds. The molecule has 0 aromatic rings. The van der Waals surface area contributed by atoms with Crippen molar-refractivity contribution in [1.29, 1.82) is 0 Å². The monoisotopic (exact) mass is 229 g/mol. The SMILES string of the molecule is C=CC(NCCCC1CCSC1)NNC. The summed E-state index contributed by atoms with van der Waals surface area (Å²) in [6.07, 6.45) is 6.10. The van der Waals surface area contributed by atoms with Gasteiger partial charge >= 0.3 is 0 Å². The number of hydrogen-bond acceptors (Lipinski definition) is 4. The molecule has 3 nitrogen and oxygen atoms in total. The molecule has 0 aromatic heterocycles. The van der Waals surface area contributed by atoms with Gasteiger partial charge < -0.3 is 0 Å². The summed E-state index contributed by atoms with van der Waals surface area (Å²) >= 11 is 2.10. The van der Waals surface area contributed by atoms with Crippen LogP contribution in [0.15, 0.2) is 12.7 Å². The summed E-state index contributed by atoms with van der Waals surface area (Å²) in [5, 5.41) is 3.40. The maximum atomic E-state index is 3.77. The lowest BCUT2D eigenvalue weighted by Gasteiger charge is -2.16.